The molecule has 0 aliphatic carbocycles. The molecule has 0 saturated carbocycles. The van der Waals surface area contributed by atoms with Gasteiger partial charge in [0.15, 0.2) is 0 Å². The lowest BCUT2D eigenvalue weighted by Crippen LogP contribution is -2.00. The van der Waals surface area contributed by atoms with Gasteiger partial charge in [0.2, 0.25) is 0 Å². The molecule has 94 valence electrons. The number of aryl methyl sites for hydroxylation is 1. The minimum absolute atomic E-state index is 0.696. The second-order valence-corrected chi connectivity index (χ2v) is 5.13. The number of halogens is 2. The second-order valence-electron chi connectivity index (χ2n) is 3.88. The first-order chi connectivity index (χ1) is 8.67. The zero-order chi connectivity index (χ0) is 13.0. The van der Waals surface area contributed by atoms with Crippen molar-refractivity contribution < 1.29 is 0 Å². The van der Waals surface area contributed by atoms with Crippen molar-refractivity contribution in [2.45, 2.75) is 19.8 Å². The minimum Gasteiger partial charge on any atom is -0.340 e. The van der Waals surface area contributed by atoms with Crippen LogP contribution in [0, 0.1) is 0 Å². The van der Waals surface area contributed by atoms with E-state index >= 15 is 0 Å². The van der Waals surface area contributed by atoms with Crippen LogP contribution in [-0.2, 0) is 6.42 Å². The Hall–Kier alpha value is -1.13. The van der Waals surface area contributed by atoms with Crippen LogP contribution in [0.15, 0.2) is 34.9 Å². The fourth-order valence-corrected chi connectivity index (χ4v) is 2.19. The molecule has 2 aromatic rings. The number of nitrogens with zero attached hydrogens (tertiary/aromatic N) is 2. The number of benzene rings is 1. The topological polar surface area (TPSA) is 37.8 Å². The Morgan fingerprint density at radius 2 is 2.11 bits per heavy atom. The van der Waals surface area contributed by atoms with Crippen molar-refractivity contribution in [2.24, 2.45) is 0 Å². The molecule has 0 bridgehead atoms. The van der Waals surface area contributed by atoms with E-state index in [4.69, 9.17) is 11.6 Å². The van der Waals surface area contributed by atoms with Crippen molar-refractivity contribution >= 4 is 39.0 Å². The largest absolute Gasteiger partial charge is 0.340 e. The third-order valence-electron chi connectivity index (χ3n) is 2.31. The standard InChI is InChI=1S/C13H13BrClN3/c1-2-4-12-17-11(14)8-13(18-12)16-10-6-3-5-9(15)7-10/h3,5-8H,2,4H2,1H3,(H,16,17,18). The zero-order valence-corrected chi connectivity index (χ0v) is 12.3. The smallest absolute Gasteiger partial charge is 0.135 e. The molecule has 0 atom stereocenters. The summed E-state index contributed by atoms with van der Waals surface area (Å²) in [6.07, 6.45) is 1.89. The van der Waals surface area contributed by atoms with Gasteiger partial charge in [0.05, 0.1) is 0 Å². The van der Waals surface area contributed by atoms with Gasteiger partial charge < -0.3 is 5.32 Å². The summed E-state index contributed by atoms with van der Waals surface area (Å²) in [4.78, 5) is 8.78. The van der Waals surface area contributed by atoms with Crippen molar-refractivity contribution in [1.82, 2.24) is 9.97 Å². The Labute approximate surface area is 120 Å². The number of aromatic nitrogens is 2. The Balaban J connectivity index is 2.23. The van der Waals surface area contributed by atoms with Crippen molar-refractivity contribution in [1.29, 1.82) is 0 Å². The lowest BCUT2D eigenvalue weighted by atomic mass is 10.3. The fraction of sp³-hybridized carbons (Fsp3) is 0.231. The van der Waals surface area contributed by atoms with E-state index in [1.54, 1.807) is 0 Å². The van der Waals surface area contributed by atoms with Gasteiger partial charge >= 0.3 is 0 Å². The molecule has 1 N–H and O–H groups in total. The summed E-state index contributed by atoms with van der Waals surface area (Å²) in [5, 5.41) is 3.92. The maximum absolute atomic E-state index is 5.94. The van der Waals surface area contributed by atoms with Crippen LogP contribution < -0.4 is 5.32 Å². The Morgan fingerprint density at radius 3 is 2.83 bits per heavy atom. The first-order valence-electron chi connectivity index (χ1n) is 5.73. The monoisotopic (exact) mass is 325 g/mol. The molecule has 0 aliphatic rings. The van der Waals surface area contributed by atoms with Crippen LogP contribution in [-0.4, -0.2) is 9.97 Å². The second kappa shape index (κ2) is 6.16. The first-order valence-corrected chi connectivity index (χ1v) is 6.90. The molecule has 1 aromatic carbocycles. The summed E-state index contributed by atoms with van der Waals surface area (Å²) in [6.45, 7) is 2.11. The van der Waals surface area contributed by atoms with Gasteiger partial charge in [-0.1, -0.05) is 24.6 Å². The Morgan fingerprint density at radius 1 is 1.28 bits per heavy atom. The van der Waals surface area contributed by atoms with Crippen LogP contribution in [0.4, 0.5) is 11.5 Å². The highest BCUT2D eigenvalue weighted by molar-refractivity contribution is 9.10. The summed E-state index contributed by atoms with van der Waals surface area (Å²) < 4.78 is 0.783. The summed E-state index contributed by atoms with van der Waals surface area (Å²) in [6, 6.07) is 9.39. The number of rotatable bonds is 4. The molecule has 1 aromatic heterocycles. The van der Waals surface area contributed by atoms with E-state index in [-0.39, 0.29) is 0 Å². The normalized spacial score (nSPS) is 10.4. The lowest BCUT2D eigenvalue weighted by Gasteiger charge is -2.08. The molecule has 0 saturated heterocycles. The molecule has 2 rings (SSSR count). The number of hydrogen-bond acceptors (Lipinski definition) is 3. The van der Waals surface area contributed by atoms with Crippen molar-refractivity contribution in [3.63, 3.8) is 0 Å². The van der Waals surface area contributed by atoms with Crippen molar-refractivity contribution in [3.05, 3.63) is 45.8 Å². The molecule has 0 amide bonds. The maximum atomic E-state index is 5.94. The van der Waals surface area contributed by atoms with Crippen LogP contribution in [0.25, 0.3) is 0 Å². The van der Waals surface area contributed by atoms with E-state index in [1.807, 2.05) is 30.3 Å². The van der Waals surface area contributed by atoms with Gasteiger partial charge in [0, 0.05) is 23.2 Å². The van der Waals surface area contributed by atoms with Gasteiger partial charge in [-0.2, -0.15) is 0 Å². The number of nitrogens with one attached hydrogen (secondary N) is 1. The Bertz CT molecular complexity index is 546. The van der Waals surface area contributed by atoms with E-state index in [0.717, 1.165) is 34.8 Å². The van der Waals surface area contributed by atoms with Gasteiger partial charge in [-0.3, -0.25) is 0 Å². The minimum atomic E-state index is 0.696. The van der Waals surface area contributed by atoms with Gasteiger partial charge in [-0.15, -0.1) is 0 Å². The van der Waals surface area contributed by atoms with E-state index in [1.165, 1.54) is 0 Å². The molecule has 1 heterocycles. The number of hydrogen-bond donors (Lipinski definition) is 1. The summed E-state index contributed by atoms with van der Waals surface area (Å²) in [7, 11) is 0. The molecule has 0 unspecified atom stereocenters. The quantitative estimate of drug-likeness (QED) is 0.835. The average Bonchev–Trinajstić information content (AvgIpc) is 2.28. The van der Waals surface area contributed by atoms with Crippen LogP contribution in [0.1, 0.15) is 19.2 Å². The molecule has 3 nitrogen and oxygen atoms in total. The van der Waals surface area contributed by atoms with Crippen molar-refractivity contribution in [2.75, 3.05) is 5.32 Å². The van der Waals surface area contributed by atoms with Crippen LogP contribution in [0.2, 0.25) is 5.02 Å². The number of anilines is 2. The van der Waals surface area contributed by atoms with E-state index in [2.05, 4.69) is 38.1 Å². The van der Waals surface area contributed by atoms with E-state index in [9.17, 15) is 0 Å². The summed E-state index contributed by atoms with van der Waals surface area (Å²) >= 11 is 9.33. The third kappa shape index (κ3) is 3.68. The van der Waals surface area contributed by atoms with Gasteiger partial charge in [-0.25, -0.2) is 9.97 Å². The predicted octanol–water partition coefficient (Wildman–Crippen LogP) is 4.59. The molecule has 18 heavy (non-hydrogen) atoms. The predicted molar refractivity (Wildman–Crippen MR) is 78.5 cm³/mol. The summed E-state index contributed by atoms with van der Waals surface area (Å²) in [5.41, 5.74) is 0.913. The van der Waals surface area contributed by atoms with Crippen LogP contribution in [0.3, 0.4) is 0 Å². The maximum Gasteiger partial charge on any atom is 0.135 e. The average molecular weight is 327 g/mol. The van der Waals surface area contributed by atoms with Gasteiger partial charge in [0.25, 0.3) is 0 Å². The molecule has 5 heteroatoms. The van der Waals surface area contributed by atoms with E-state index < -0.39 is 0 Å². The fourth-order valence-electron chi connectivity index (χ4n) is 1.58. The molecule has 0 fully saturated rings. The highest BCUT2D eigenvalue weighted by Crippen LogP contribution is 2.21. The van der Waals surface area contributed by atoms with Gasteiger partial charge in [-0.05, 0) is 40.5 Å². The molecular weight excluding hydrogens is 314 g/mol. The highest BCUT2D eigenvalue weighted by atomic mass is 79.9. The van der Waals surface area contributed by atoms with E-state index in [0.29, 0.717) is 5.02 Å². The molecule has 0 radical (unpaired) electrons. The zero-order valence-electron chi connectivity index (χ0n) is 9.95. The third-order valence-corrected chi connectivity index (χ3v) is 2.95. The summed E-state index contributed by atoms with van der Waals surface area (Å²) in [5.74, 6) is 1.60. The van der Waals surface area contributed by atoms with Gasteiger partial charge in [0.1, 0.15) is 16.2 Å². The molecule has 0 spiro atoms. The van der Waals surface area contributed by atoms with Crippen molar-refractivity contribution in [3.8, 4) is 0 Å². The SMILES string of the molecule is CCCc1nc(Br)cc(Nc2cccc(Cl)c2)n1. The van der Waals surface area contributed by atoms with Crippen LogP contribution >= 0.6 is 27.5 Å². The first kappa shape index (κ1) is 13.3. The molecule has 0 aliphatic heterocycles. The lowest BCUT2D eigenvalue weighted by molar-refractivity contribution is 0.831. The Kier molecular flexibility index (Phi) is 4.55. The highest BCUT2D eigenvalue weighted by Gasteiger charge is 2.03. The molecular formula is C13H13BrClN3. The van der Waals surface area contributed by atoms with Crippen LogP contribution in [0.5, 0.6) is 0 Å².